The molecule has 110 valence electrons. The summed E-state index contributed by atoms with van der Waals surface area (Å²) in [6.45, 7) is 4.63. The number of benzene rings is 1. The van der Waals surface area contributed by atoms with E-state index in [4.69, 9.17) is 4.74 Å². The molecule has 1 aliphatic heterocycles. The molecule has 0 radical (unpaired) electrons. The summed E-state index contributed by atoms with van der Waals surface area (Å²) in [4.78, 5) is 4.99. The van der Waals surface area contributed by atoms with Crippen LogP contribution in [0.25, 0.3) is 0 Å². The first kappa shape index (κ1) is 14.3. The number of piperazine rings is 1. The van der Waals surface area contributed by atoms with E-state index in [1.54, 1.807) is 12.7 Å². The van der Waals surface area contributed by atoms with Gasteiger partial charge in [0, 0.05) is 0 Å². The number of hydrogen-bond donors (Lipinski definition) is 0. The molecular weight excluding hydrogens is 311 g/mol. The summed E-state index contributed by atoms with van der Waals surface area (Å²) in [5.74, 6) is 1.09. The molecule has 2 atom stereocenters. The summed E-state index contributed by atoms with van der Waals surface area (Å²) < 4.78 is 6.44. The zero-order valence-corrected chi connectivity index (χ0v) is 15.0. The average Bonchev–Trinajstić information content (AvgIpc) is 2.47. The number of rotatable bonds is 2. The van der Waals surface area contributed by atoms with Crippen molar-refractivity contribution in [1.29, 1.82) is 0 Å². The van der Waals surface area contributed by atoms with Gasteiger partial charge in [-0.05, 0) is 0 Å². The predicted octanol–water partition coefficient (Wildman–Crippen LogP) is 1.36. The maximum absolute atomic E-state index is 5.59. The Kier molecular flexibility index (Phi) is 4.28. The first-order valence-corrected chi connectivity index (χ1v) is 8.96. The van der Waals surface area contributed by atoms with Crippen molar-refractivity contribution < 1.29 is 4.74 Å². The van der Waals surface area contributed by atoms with E-state index in [9.17, 15) is 0 Å². The second-order valence-electron chi connectivity index (χ2n) is 6.04. The molecule has 3 rings (SSSR count). The summed E-state index contributed by atoms with van der Waals surface area (Å²) >= 11 is 1.89. The Balaban J connectivity index is 1.95. The van der Waals surface area contributed by atoms with Crippen LogP contribution >= 0.6 is 0 Å². The van der Waals surface area contributed by atoms with E-state index in [0.29, 0.717) is 0 Å². The van der Waals surface area contributed by atoms with Gasteiger partial charge >= 0.3 is 130 Å². The van der Waals surface area contributed by atoms with Crippen molar-refractivity contribution in [3.8, 4) is 5.75 Å². The van der Waals surface area contributed by atoms with E-state index in [0.717, 1.165) is 23.5 Å². The first-order chi connectivity index (χ1) is 9.69. The van der Waals surface area contributed by atoms with Crippen molar-refractivity contribution in [1.82, 2.24) is 4.90 Å². The van der Waals surface area contributed by atoms with Crippen molar-refractivity contribution in [2.75, 3.05) is 45.2 Å². The van der Waals surface area contributed by atoms with Crippen LogP contribution in [0.4, 0.5) is 5.69 Å². The number of fused-ring (bicyclic) bond motifs is 1. The van der Waals surface area contributed by atoms with E-state index in [-0.39, 0.29) is 0 Å². The molecule has 0 bridgehead atoms. The van der Waals surface area contributed by atoms with Crippen LogP contribution in [0.2, 0.25) is 4.71 Å². The first-order valence-electron chi connectivity index (χ1n) is 7.57. The zero-order chi connectivity index (χ0) is 14.1. The molecule has 1 saturated heterocycles. The van der Waals surface area contributed by atoms with E-state index in [2.05, 4.69) is 29.0 Å². The molecule has 0 saturated carbocycles. The third-order valence-electron chi connectivity index (χ3n) is 4.66. The van der Waals surface area contributed by atoms with Crippen molar-refractivity contribution in [3.63, 3.8) is 0 Å². The molecule has 1 aromatic carbocycles. The molecule has 0 N–H and O–H groups in total. The van der Waals surface area contributed by atoms with Crippen LogP contribution in [0.15, 0.2) is 12.1 Å². The Morgan fingerprint density at radius 1 is 1.15 bits per heavy atom. The minimum absolute atomic E-state index is 0.855. The monoisotopic (exact) mass is 336 g/mol. The maximum atomic E-state index is 5.59. The van der Waals surface area contributed by atoms with E-state index in [1.807, 2.05) is 16.9 Å². The third kappa shape index (κ3) is 2.71. The van der Waals surface area contributed by atoms with Crippen LogP contribution in [0.3, 0.4) is 0 Å². The van der Waals surface area contributed by atoms with Gasteiger partial charge in [-0.15, -0.1) is 0 Å². The second kappa shape index (κ2) is 5.99. The number of methoxy groups -OCH3 is 1. The van der Waals surface area contributed by atoms with Gasteiger partial charge in [0.2, 0.25) is 0 Å². The Bertz CT molecular complexity index is 484. The third-order valence-corrected chi connectivity index (χ3v) is 5.85. The molecule has 4 heteroatoms. The van der Waals surface area contributed by atoms with Crippen LogP contribution in [0.5, 0.6) is 5.75 Å². The molecule has 2 aliphatic rings. The molecule has 1 aromatic rings. The van der Waals surface area contributed by atoms with Crippen molar-refractivity contribution in [2.24, 2.45) is 0 Å². The van der Waals surface area contributed by atoms with Gasteiger partial charge in [-0.3, -0.25) is 0 Å². The van der Waals surface area contributed by atoms with Crippen molar-refractivity contribution >= 4 is 22.5 Å². The molecule has 2 unspecified atom stereocenters. The number of ether oxygens (including phenoxy) is 1. The fourth-order valence-corrected chi connectivity index (χ4v) is 4.23. The molecule has 0 aromatic heterocycles. The van der Waals surface area contributed by atoms with Gasteiger partial charge < -0.3 is 0 Å². The molecular formula is C16H25AsN2O. The average molecular weight is 336 g/mol. The number of anilines is 1. The molecule has 0 amide bonds. The summed E-state index contributed by atoms with van der Waals surface area (Å²) in [6.07, 6.45) is 3.73. The topological polar surface area (TPSA) is 15.7 Å². The van der Waals surface area contributed by atoms with Crippen LogP contribution in [0.1, 0.15) is 17.5 Å². The van der Waals surface area contributed by atoms with E-state index >= 15 is 0 Å². The zero-order valence-electron chi connectivity index (χ0n) is 12.6. The SMILES string of the molecule is COc1ccc(N2CCN(C)CC2)c2c1CCC([AsH2])C2. The Morgan fingerprint density at radius 2 is 1.90 bits per heavy atom. The fraction of sp³-hybridized carbons (Fsp3) is 0.625. The Labute approximate surface area is 130 Å². The van der Waals surface area contributed by atoms with Gasteiger partial charge in [-0.25, -0.2) is 0 Å². The molecule has 1 aliphatic carbocycles. The molecule has 3 nitrogen and oxygen atoms in total. The summed E-state index contributed by atoms with van der Waals surface area (Å²) in [6, 6.07) is 4.46. The molecule has 1 heterocycles. The van der Waals surface area contributed by atoms with Gasteiger partial charge in [0.25, 0.3) is 0 Å². The van der Waals surface area contributed by atoms with Crippen molar-refractivity contribution in [3.05, 3.63) is 23.3 Å². The van der Waals surface area contributed by atoms with Gasteiger partial charge in [-0.1, -0.05) is 0 Å². The molecule has 0 spiro atoms. The Hall–Kier alpha value is -0.662. The fourth-order valence-electron chi connectivity index (χ4n) is 3.39. The van der Waals surface area contributed by atoms with Crippen LogP contribution < -0.4 is 9.64 Å². The predicted molar refractivity (Wildman–Crippen MR) is 87.0 cm³/mol. The van der Waals surface area contributed by atoms with Gasteiger partial charge in [0.15, 0.2) is 0 Å². The standard InChI is InChI=1S/C16H25AsN2O/c1-18-7-9-19(10-8-18)15-5-6-16(20-2)13-4-3-12(17)11-14(13)15/h5-6,12H,3-4,7-11,17H2,1-2H3. The van der Waals surface area contributed by atoms with Crippen LogP contribution in [-0.2, 0) is 12.8 Å². The number of hydrogen-bond acceptors (Lipinski definition) is 3. The number of likely N-dealkylation sites (N-methyl/N-ethyl adjacent to an activating group) is 1. The van der Waals surface area contributed by atoms with Crippen LogP contribution in [0, 0.1) is 0 Å². The summed E-state index contributed by atoms with van der Waals surface area (Å²) in [5.41, 5.74) is 4.50. The normalized spacial score (nSPS) is 23.6. The van der Waals surface area contributed by atoms with Crippen molar-refractivity contribution in [2.45, 2.75) is 24.0 Å². The van der Waals surface area contributed by atoms with E-state index in [1.165, 1.54) is 43.6 Å². The van der Waals surface area contributed by atoms with Gasteiger partial charge in [0.05, 0.1) is 0 Å². The van der Waals surface area contributed by atoms with E-state index < -0.39 is 0 Å². The molecule has 1 fully saturated rings. The quantitative estimate of drug-likeness (QED) is 0.759. The minimum atomic E-state index is 0.855. The summed E-state index contributed by atoms with van der Waals surface area (Å²) in [5, 5.41) is 0. The number of nitrogens with zero attached hydrogens (tertiary/aromatic N) is 2. The molecule has 20 heavy (non-hydrogen) atoms. The van der Waals surface area contributed by atoms with Crippen LogP contribution in [-0.4, -0.2) is 62.1 Å². The summed E-state index contributed by atoms with van der Waals surface area (Å²) in [7, 11) is 4.01. The van der Waals surface area contributed by atoms with Gasteiger partial charge in [-0.2, -0.15) is 0 Å². The Morgan fingerprint density at radius 3 is 2.60 bits per heavy atom. The second-order valence-corrected chi connectivity index (χ2v) is 8.02. The van der Waals surface area contributed by atoms with Gasteiger partial charge in [0.1, 0.15) is 0 Å².